The van der Waals surface area contributed by atoms with Crippen LogP contribution in [0.5, 0.6) is 0 Å². The number of carbonyl (C=O) groups excluding carboxylic acids is 1. The summed E-state index contributed by atoms with van der Waals surface area (Å²) in [4.78, 5) is 12.9. The third-order valence-corrected chi connectivity index (χ3v) is 2.51. The zero-order chi connectivity index (χ0) is 12.5. The maximum absolute atomic E-state index is 12.0. The predicted molar refractivity (Wildman–Crippen MR) is 57.6 cm³/mol. The van der Waals surface area contributed by atoms with Crippen molar-refractivity contribution in [3.8, 4) is 0 Å². The van der Waals surface area contributed by atoms with Crippen LogP contribution in [0, 0.1) is 0 Å². The van der Waals surface area contributed by atoms with E-state index in [2.05, 4.69) is 4.74 Å². The molecule has 1 fully saturated rings. The standard InChI is InChI=1S/C9H15F3N2O2.ClH/c1-5-3-7(16-9(10,11)12)4-14(5)8(15)6(2)13;/h5-7H,3-4,13H2,1-2H3;1H/t5-,6+,7+;/m0./s1. The number of likely N-dealkylation sites (tertiary alicyclic amines) is 1. The van der Waals surface area contributed by atoms with Crippen LogP contribution in [0.2, 0.25) is 0 Å². The molecule has 1 aliphatic heterocycles. The van der Waals surface area contributed by atoms with E-state index in [9.17, 15) is 18.0 Å². The normalized spacial score (nSPS) is 26.6. The van der Waals surface area contributed by atoms with Crippen LogP contribution in [0.25, 0.3) is 0 Å². The highest BCUT2D eigenvalue weighted by atomic mass is 35.5. The number of rotatable bonds is 2. The molecule has 8 heteroatoms. The SMILES string of the molecule is C[C@@H](N)C(=O)N1C[C@H](OC(F)(F)F)C[C@@H]1C.Cl. The molecule has 4 nitrogen and oxygen atoms in total. The molecule has 1 heterocycles. The van der Waals surface area contributed by atoms with E-state index in [1.165, 1.54) is 11.8 Å². The van der Waals surface area contributed by atoms with Crippen molar-refractivity contribution in [2.45, 2.75) is 44.8 Å². The average molecular weight is 277 g/mol. The van der Waals surface area contributed by atoms with Crippen molar-refractivity contribution < 1.29 is 22.7 Å². The summed E-state index contributed by atoms with van der Waals surface area (Å²) >= 11 is 0. The summed E-state index contributed by atoms with van der Waals surface area (Å²) in [7, 11) is 0. The molecule has 1 saturated heterocycles. The number of nitrogens with two attached hydrogens (primary N) is 1. The molecule has 0 bridgehead atoms. The second kappa shape index (κ2) is 5.88. The van der Waals surface area contributed by atoms with Gasteiger partial charge in [-0.05, 0) is 20.3 Å². The molecule has 102 valence electrons. The molecular formula is C9H16ClF3N2O2. The third-order valence-electron chi connectivity index (χ3n) is 2.51. The lowest BCUT2D eigenvalue weighted by Gasteiger charge is -2.23. The van der Waals surface area contributed by atoms with Crippen molar-refractivity contribution in [1.29, 1.82) is 0 Å². The summed E-state index contributed by atoms with van der Waals surface area (Å²) < 4.78 is 39.8. The van der Waals surface area contributed by atoms with Crippen molar-refractivity contribution in [1.82, 2.24) is 4.90 Å². The van der Waals surface area contributed by atoms with E-state index < -0.39 is 18.5 Å². The predicted octanol–water partition coefficient (Wildman–Crippen LogP) is 1.28. The topological polar surface area (TPSA) is 55.6 Å². The molecule has 0 radical (unpaired) electrons. The number of halogens is 4. The molecule has 0 unspecified atom stereocenters. The zero-order valence-electron chi connectivity index (χ0n) is 9.53. The Morgan fingerprint density at radius 3 is 2.47 bits per heavy atom. The Labute approximate surface area is 104 Å². The summed E-state index contributed by atoms with van der Waals surface area (Å²) in [6, 6.07) is -0.974. The summed E-state index contributed by atoms with van der Waals surface area (Å²) in [5.74, 6) is -0.347. The van der Waals surface area contributed by atoms with Gasteiger partial charge in [0.1, 0.15) is 0 Å². The quantitative estimate of drug-likeness (QED) is 0.827. The molecule has 1 amide bonds. The van der Waals surface area contributed by atoms with Crippen molar-refractivity contribution >= 4 is 18.3 Å². The van der Waals surface area contributed by atoms with Gasteiger partial charge >= 0.3 is 6.36 Å². The Balaban J connectivity index is 0.00000256. The number of hydrogen-bond donors (Lipinski definition) is 1. The lowest BCUT2D eigenvalue weighted by Crippen LogP contribution is -2.44. The van der Waals surface area contributed by atoms with E-state index in [0.29, 0.717) is 0 Å². The van der Waals surface area contributed by atoms with Crippen LogP contribution in [-0.4, -0.2) is 41.9 Å². The molecular weight excluding hydrogens is 261 g/mol. The Morgan fingerprint density at radius 1 is 1.53 bits per heavy atom. The van der Waals surface area contributed by atoms with Gasteiger partial charge in [-0.25, -0.2) is 0 Å². The van der Waals surface area contributed by atoms with Gasteiger partial charge in [-0.15, -0.1) is 25.6 Å². The first-order valence-corrected chi connectivity index (χ1v) is 5.01. The number of amides is 1. The first-order chi connectivity index (χ1) is 7.20. The maximum atomic E-state index is 12.0. The lowest BCUT2D eigenvalue weighted by molar-refractivity contribution is -0.340. The molecule has 0 spiro atoms. The fraction of sp³-hybridized carbons (Fsp3) is 0.889. The lowest BCUT2D eigenvalue weighted by atomic mass is 10.2. The average Bonchev–Trinajstić information content (AvgIpc) is 2.41. The number of hydrogen-bond acceptors (Lipinski definition) is 3. The molecule has 1 rings (SSSR count). The van der Waals surface area contributed by atoms with Crippen molar-refractivity contribution in [3.05, 3.63) is 0 Å². The second-order valence-electron chi connectivity index (χ2n) is 4.05. The Kier molecular flexibility index (Phi) is 5.70. The fourth-order valence-corrected chi connectivity index (χ4v) is 1.82. The first-order valence-electron chi connectivity index (χ1n) is 5.01. The fourth-order valence-electron chi connectivity index (χ4n) is 1.82. The van der Waals surface area contributed by atoms with E-state index in [1.54, 1.807) is 6.92 Å². The summed E-state index contributed by atoms with van der Waals surface area (Å²) in [6.45, 7) is 3.13. The molecule has 3 atom stereocenters. The second-order valence-corrected chi connectivity index (χ2v) is 4.05. The smallest absolute Gasteiger partial charge is 0.336 e. The first kappa shape index (κ1) is 16.5. The van der Waals surface area contributed by atoms with Gasteiger partial charge in [0, 0.05) is 12.6 Å². The number of carbonyl (C=O) groups is 1. The van der Waals surface area contributed by atoms with Crippen LogP contribution < -0.4 is 5.73 Å². The third kappa shape index (κ3) is 4.69. The minimum absolute atomic E-state index is 0. The van der Waals surface area contributed by atoms with Gasteiger partial charge in [0.2, 0.25) is 5.91 Å². The van der Waals surface area contributed by atoms with Gasteiger partial charge in [-0.3, -0.25) is 9.53 Å². The highest BCUT2D eigenvalue weighted by Gasteiger charge is 2.40. The molecule has 0 aromatic carbocycles. The molecule has 17 heavy (non-hydrogen) atoms. The Hall–Kier alpha value is -0.530. The summed E-state index contributed by atoms with van der Waals surface area (Å²) in [6.07, 6.45) is -5.46. The molecule has 0 aliphatic carbocycles. The monoisotopic (exact) mass is 276 g/mol. The minimum Gasteiger partial charge on any atom is -0.336 e. The number of ether oxygens (including phenoxy) is 1. The van der Waals surface area contributed by atoms with Crippen LogP contribution in [-0.2, 0) is 9.53 Å². The van der Waals surface area contributed by atoms with Crippen LogP contribution in [0.3, 0.4) is 0 Å². The molecule has 0 aromatic rings. The van der Waals surface area contributed by atoms with E-state index in [4.69, 9.17) is 5.73 Å². The minimum atomic E-state index is -4.65. The van der Waals surface area contributed by atoms with Crippen molar-refractivity contribution in [2.75, 3.05) is 6.54 Å². The maximum Gasteiger partial charge on any atom is 0.522 e. The molecule has 0 aromatic heterocycles. The van der Waals surface area contributed by atoms with Gasteiger partial charge in [0.25, 0.3) is 0 Å². The highest BCUT2D eigenvalue weighted by Crippen LogP contribution is 2.27. The van der Waals surface area contributed by atoms with Gasteiger partial charge in [-0.1, -0.05) is 0 Å². The van der Waals surface area contributed by atoms with E-state index in [0.717, 1.165) is 0 Å². The highest BCUT2D eigenvalue weighted by molar-refractivity contribution is 5.85. The number of nitrogens with zero attached hydrogens (tertiary/aromatic N) is 1. The molecule has 1 aliphatic rings. The summed E-state index contributed by atoms with van der Waals surface area (Å²) in [5.41, 5.74) is 5.40. The van der Waals surface area contributed by atoms with Gasteiger partial charge in [0.15, 0.2) is 0 Å². The summed E-state index contributed by atoms with van der Waals surface area (Å²) in [5, 5.41) is 0. The van der Waals surface area contributed by atoms with Crippen LogP contribution in [0.4, 0.5) is 13.2 Å². The van der Waals surface area contributed by atoms with E-state index >= 15 is 0 Å². The zero-order valence-corrected chi connectivity index (χ0v) is 10.3. The van der Waals surface area contributed by atoms with E-state index in [-0.39, 0.29) is 37.3 Å². The largest absolute Gasteiger partial charge is 0.522 e. The Bertz CT molecular complexity index is 273. The van der Waals surface area contributed by atoms with Crippen molar-refractivity contribution in [2.24, 2.45) is 5.73 Å². The van der Waals surface area contributed by atoms with Gasteiger partial charge in [0.05, 0.1) is 12.1 Å². The Morgan fingerprint density at radius 2 is 2.06 bits per heavy atom. The van der Waals surface area contributed by atoms with Crippen LogP contribution >= 0.6 is 12.4 Å². The molecule has 2 N–H and O–H groups in total. The van der Waals surface area contributed by atoms with Crippen LogP contribution in [0.1, 0.15) is 20.3 Å². The van der Waals surface area contributed by atoms with Gasteiger partial charge < -0.3 is 10.6 Å². The molecule has 0 saturated carbocycles. The number of alkyl halides is 3. The van der Waals surface area contributed by atoms with Gasteiger partial charge in [-0.2, -0.15) is 0 Å². The van der Waals surface area contributed by atoms with E-state index in [1.807, 2.05) is 0 Å². The van der Waals surface area contributed by atoms with Crippen LogP contribution in [0.15, 0.2) is 0 Å². The van der Waals surface area contributed by atoms with Crippen molar-refractivity contribution in [3.63, 3.8) is 0 Å².